The van der Waals surface area contributed by atoms with Gasteiger partial charge in [0, 0.05) is 20.2 Å². The molecule has 1 aromatic heterocycles. The topological polar surface area (TPSA) is 42.2 Å². The first-order valence-electron chi connectivity index (χ1n) is 7.03. The quantitative estimate of drug-likeness (QED) is 0.595. The van der Waals surface area contributed by atoms with Crippen LogP contribution >= 0.6 is 22.6 Å². The summed E-state index contributed by atoms with van der Waals surface area (Å²) in [4.78, 5) is 12.5. The van der Waals surface area contributed by atoms with Crippen molar-refractivity contribution in [1.82, 2.24) is 0 Å². The molecule has 112 valence electrons. The molecule has 0 atom stereocenters. The number of nitrogens with one attached hydrogen (secondary N) is 1. The van der Waals surface area contributed by atoms with E-state index < -0.39 is 0 Å². The van der Waals surface area contributed by atoms with Crippen molar-refractivity contribution in [3.8, 4) is 0 Å². The zero-order valence-electron chi connectivity index (χ0n) is 12.7. The average Bonchev–Trinajstić information content (AvgIpc) is 2.79. The number of carbonyl (C=O) groups excluding carboxylic acids is 1. The molecule has 3 aromatic rings. The highest BCUT2D eigenvalue weighted by atomic mass is 127. The first-order valence-corrected chi connectivity index (χ1v) is 8.11. The Morgan fingerprint density at radius 3 is 2.36 bits per heavy atom. The third-order valence-electron chi connectivity index (χ3n) is 3.86. The lowest BCUT2D eigenvalue weighted by Crippen LogP contribution is -2.11. The van der Waals surface area contributed by atoms with Crippen LogP contribution in [0.15, 0.2) is 40.8 Å². The summed E-state index contributed by atoms with van der Waals surface area (Å²) < 4.78 is 6.91. The monoisotopic (exact) mass is 405 g/mol. The Labute approximate surface area is 142 Å². The normalized spacial score (nSPS) is 10.9. The molecule has 22 heavy (non-hydrogen) atoms. The average molecular weight is 405 g/mol. The number of benzene rings is 2. The Balaban J connectivity index is 1.97. The minimum absolute atomic E-state index is 0.217. The van der Waals surface area contributed by atoms with Gasteiger partial charge in [0.2, 0.25) is 0 Å². The molecule has 0 radical (unpaired) electrons. The van der Waals surface area contributed by atoms with Gasteiger partial charge in [0.1, 0.15) is 5.58 Å². The molecule has 2 aromatic carbocycles. The van der Waals surface area contributed by atoms with Crippen molar-refractivity contribution in [2.45, 2.75) is 20.8 Å². The second-order valence-corrected chi connectivity index (χ2v) is 6.70. The number of halogens is 1. The van der Waals surface area contributed by atoms with Crippen LogP contribution in [0.2, 0.25) is 0 Å². The Kier molecular flexibility index (Phi) is 3.95. The highest BCUT2D eigenvalue weighted by Crippen LogP contribution is 2.28. The molecule has 0 bridgehead atoms. The number of rotatable bonds is 2. The van der Waals surface area contributed by atoms with E-state index in [1.807, 2.05) is 44.2 Å². The van der Waals surface area contributed by atoms with Gasteiger partial charge in [0.15, 0.2) is 5.76 Å². The Bertz CT molecular complexity index is 863. The molecule has 0 saturated carbocycles. The fraction of sp³-hybridized carbons (Fsp3) is 0.167. The molecule has 0 spiro atoms. The lowest BCUT2D eigenvalue weighted by Gasteiger charge is -2.03. The zero-order valence-corrected chi connectivity index (χ0v) is 14.8. The van der Waals surface area contributed by atoms with Crippen LogP contribution in [0, 0.1) is 24.3 Å². The van der Waals surface area contributed by atoms with Gasteiger partial charge in [-0.15, -0.1) is 0 Å². The van der Waals surface area contributed by atoms with Crippen LogP contribution in [0.1, 0.15) is 27.2 Å². The summed E-state index contributed by atoms with van der Waals surface area (Å²) in [5.41, 5.74) is 4.75. The minimum atomic E-state index is -0.217. The van der Waals surface area contributed by atoms with E-state index in [9.17, 15) is 4.79 Å². The Hall–Kier alpha value is -1.82. The van der Waals surface area contributed by atoms with Crippen molar-refractivity contribution in [2.24, 2.45) is 0 Å². The van der Waals surface area contributed by atoms with E-state index in [0.29, 0.717) is 5.76 Å². The van der Waals surface area contributed by atoms with Gasteiger partial charge in [0.25, 0.3) is 5.91 Å². The van der Waals surface area contributed by atoms with Gasteiger partial charge in [-0.2, -0.15) is 0 Å². The van der Waals surface area contributed by atoms with E-state index >= 15 is 0 Å². The predicted octanol–water partition coefficient (Wildman–Crippen LogP) is 5.21. The number of furan rings is 1. The molecule has 0 unspecified atom stereocenters. The highest BCUT2D eigenvalue weighted by molar-refractivity contribution is 14.1. The second-order valence-electron chi connectivity index (χ2n) is 5.45. The molecule has 0 fully saturated rings. The fourth-order valence-electron chi connectivity index (χ4n) is 2.41. The predicted molar refractivity (Wildman–Crippen MR) is 97.5 cm³/mol. The number of amides is 1. The van der Waals surface area contributed by atoms with Crippen molar-refractivity contribution in [1.29, 1.82) is 0 Å². The van der Waals surface area contributed by atoms with Crippen LogP contribution in [0.4, 0.5) is 5.69 Å². The molecule has 0 aliphatic carbocycles. The molecule has 4 heteroatoms. The molecule has 3 nitrogen and oxygen atoms in total. The van der Waals surface area contributed by atoms with Crippen molar-refractivity contribution >= 4 is 45.2 Å². The first kappa shape index (κ1) is 15.1. The summed E-state index contributed by atoms with van der Waals surface area (Å²) >= 11 is 2.23. The fourth-order valence-corrected chi connectivity index (χ4v) is 2.77. The minimum Gasteiger partial charge on any atom is -0.451 e. The van der Waals surface area contributed by atoms with Gasteiger partial charge in [-0.05, 0) is 90.9 Å². The van der Waals surface area contributed by atoms with E-state index in [-0.39, 0.29) is 5.91 Å². The smallest absolute Gasteiger partial charge is 0.291 e. The van der Waals surface area contributed by atoms with E-state index in [0.717, 1.165) is 31.4 Å². The standard InChI is InChI=1S/C18H16INO2/c1-10-8-15-12(3)17(22-16(15)9-11(10)2)18(21)20-14-6-4-13(19)5-7-14/h4-9H,1-3H3,(H,20,21). The molecule has 1 amide bonds. The maximum atomic E-state index is 12.5. The Morgan fingerprint density at radius 1 is 1.05 bits per heavy atom. The number of carbonyl (C=O) groups is 1. The molecular weight excluding hydrogens is 389 g/mol. The summed E-state index contributed by atoms with van der Waals surface area (Å²) in [6.45, 7) is 6.02. The van der Waals surface area contributed by atoms with Crippen molar-refractivity contribution in [3.05, 3.63) is 62.4 Å². The van der Waals surface area contributed by atoms with Crippen molar-refractivity contribution < 1.29 is 9.21 Å². The van der Waals surface area contributed by atoms with Crippen LogP contribution in [0.25, 0.3) is 11.0 Å². The van der Waals surface area contributed by atoms with Gasteiger partial charge < -0.3 is 9.73 Å². The number of hydrogen-bond donors (Lipinski definition) is 1. The highest BCUT2D eigenvalue weighted by Gasteiger charge is 2.18. The Morgan fingerprint density at radius 2 is 1.68 bits per heavy atom. The van der Waals surface area contributed by atoms with Crippen molar-refractivity contribution in [2.75, 3.05) is 5.32 Å². The summed E-state index contributed by atoms with van der Waals surface area (Å²) in [5, 5.41) is 3.88. The molecule has 0 aliphatic heterocycles. The number of hydrogen-bond acceptors (Lipinski definition) is 2. The maximum absolute atomic E-state index is 12.5. The van der Waals surface area contributed by atoms with Crippen LogP contribution in [0.5, 0.6) is 0 Å². The van der Waals surface area contributed by atoms with Gasteiger partial charge in [-0.3, -0.25) is 4.79 Å². The van der Waals surface area contributed by atoms with Crippen LogP contribution in [-0.4, -0.2) is 5.91 Å². The van der Waals surface area contributed by atoms with Gasteiger partial charge in [0.05, 0.1) is 0 Å². The largest absolute Gasteiger partial charge is 0.451 e. The van der Waals surface area contributed by atoms with Crippen LogP contribution in [-0.2, 0) is 0 Å². The van der Waals surface area contributed by atoms with Gasteiger partial charge in [-0.25, -0.2) is 0 Å². The summed E-state index contributed by atoms with van der Waals surface area (Å²) in [6.07, 6.45) is 0. The third kappa shape index (κ3) is 2.75. The van der Waals surface area contributed by atoms with Crippen LogP contribution in [0.3, 0.4) is 0 Å². The summed E-state index contributed by atoms with van der Waals surface area (Å²) in [7, 11) is 0. The maximum Gasteiger partial charge on any atom is 0.291 e. The van der Waals surface area contributed by atoms with E-state index in [4.69, 9.17) is 4.42 Å². The van der Waals surface area contributed by atoms with Gasteiger partial charge in [-0.1, -0.05) is 0 Å². The molecule has 3 rings (SSSR count). The number of anilines is 1. The molecular formula is C18H16INO2. The van der Waals surface area contributed by atoms with E-state index in [1.54, 1.807) is 0 Å². The van der Waals surface area contributed by atoms with Crippen molar-refractivity contribution in [3.63, 3.8) is 0 Å². The van der Waals surface area contributed by atoms with Gasteiger partial charge >= 0.3 is 0 Å². The van der Waals surface area contributed by atoms with E-state index in [2.05, 4.69) is 40.9 Å². The molecule has 0 aliphatic rings. The lowest BCUT2D eigenvalue weighted by molar-refractivity contribution is 0.0998. The number of aryl methyl sites for hydroxylation is 3. The molecule has 1 N–H and O–H groups in total. The number of fused-ring (bicyclic) bond motifs is 1. The SMILES string of the molecule is Cc1cc2oc(C(=O)Nc3ccc(I)cc3)c(C)c2cc1C. The zero-order chi connectivity index (χ0) is 15.9. The third-order valence-corrected chi connectivity index (χ3v) is 4.58. The van der Waals surface area contributed by atoms with E-state index in [1.165, 1.54) is 5.56 Å². The first-order chi connectivity index (χ1) is 10.5. The molecule has 0 saturated heterocycles. The summed E-state index contributed by atoms with van der Waals surface area (Å²) in [5.74, 6) is 0.156. The summed E-state index contributed by atoms with van der Waals surface area (Å²) in [6, 6.07) is 11.7. The molecule has 1 heterocycles. The van der Waals surface area contributed by atoms with Crippen LogP contribution < -0.4 is 5.32 Å². The lowest BCUT2D eigenvalue weighted by atomic mass is 10.1. The second kappa shape index (κ2) is 5.76.